The van der Waals surface area contributed by atoms with Crippen LogP contribution in [0.25, 0.3) is 0 Å². The van der Waals surface area contributed by atoms with Crippen LogP contribution >= 0.6 is 0 Å². The molecular formula is C15H26O4. The van der Waals surface area contributed by atoms with E-state index in [4.69, 9.17) is 14.2 Å². The summed E-state index contributed by atoms with van der Waals surface area (Å²) in [6.45, 7) is 5.70. The Morgan fingerprint density at radius 1 is 1.11 bits per heavy atom. The highest BCUT2D eigenvalue weighted by Crippen LogP contribution is 2.34. The first-order chi connectivity index (χ1) is 9.10. The maximum Gasteiger partial charge on any atom is 0.192 e. The third-order valence-electron chi connectivity index (χ3n) is 4.25. The van der Waals surface area contributed by atoms with E-state index in [9.17, 15) is 4.79 Å². The van der Waals surface area contributed by atoms with Gasteiger partial charge in [0.1, 0.15) is 12.2 Å². The van der Waals surface area contributed by atoms with Gasteiger partial charge in [-0.25, -0.2) is 0 Å². The molecule has 2 saturated heterocycles. The van der Waals surface area contributed by atoms with Crippen LogP contribution < -0.4 is 0 Å². The van der Waals surface area contributed by atoms with E-state index in [0.29, 0.717) is 32.7 Å². The van der Waals surface area contributed by atoms with Crippen LogP contribution in [0.1, 0.15) is 58.8 Å². The van der Waals surface area contributed by atoms with E-state index in [1.165, 1.54) is 19.3 Å². The van der Waals surface area contributed by atoms with Gasteiger partial charge >= 0.3 is 0 Å². The van der Waals surface area contributed by atoms with Crippen molar-refractivity contribution in [2.75, 3.05) is 19.8 Å². The molecule has 0 N–H and O–H groups in total. The quantitative estimate of drug-likeness (QED) is 0.721. The summed E-state index contributed by atoms with van der Waals surface area (Å²) in [7, 11) is 0. The fourth-order valence-corrected chi connectivity index (χ4v) is 2.82. The monoisotopic (exact) mass is 270 g/mol. The second-order valence-electron chi connectivity index (χ2n) is 5.86. The Kier molecular flexibility index (Phi) is 4.98. The number of unbranched alkanes of at least 4 members (excludes halogenated alkanes) is 3. The fourth-order valence-electron chi connectivity index (χ4n) is 2.82. The summed E-state index contributed by atoms with van der Waals surface area (Å²) in [5.74, 6) is -0.461. The zero-order valence-corrected chi connectivity index (χ0v) is 12.2. The van der Waals surface area contributed by atoms with Gasteiger partial charge in [-0.3, -0.25) is 4.79 Å². The molecule has 0 radical (unpaired) electrons. The zero-order valence-electron chi connectivity index (χ0n) is 12.2. The second-order valence-corrected chi connectivity index (χ2v) is 5.86. The molecule has 4 heteroatoms. The van der Waals surface area contributed by atoms with Gasteiger partial charge in [-0.1, -0.05) is 32.6 Å². The molecule has 0 aromatic carbocycles. The number of ether oxygens (including phenoxy) is 3. The highest BCUT2D eigenvalue weighted by Gasteiger charge is 2.45. The first-order valence-corrected chi connectivity index (χ1v) is 7.55. The minimum Gasteiger partial charge on any atom is -0.362 e. The number of carbonyl (C=O) groups excluding carboxylic acids is 1. The van der Waals surface area contributed by atoms with Gasteiger partial charge in [0.15, 0.2) is 11.6 Å². The maximum absolute atomic E-state index is 12.3. The Bertz CT molecular complexity index is 309. The topological polar surface area (TPSA) is 44.8 Å². The molecular weight excluding hydrogens is 244 g/mol. The summed E-state index contributed by atoms with van der Waals surface area (Å²) < 4.78 is 17.2. The van der Waals surface area contributed by atoms with Crippen LogP contribution in [0.2, 0.25) is 0 Å². The van der Waals surface area contributed by atoms with Gasteiger partial charge in [0.05, 0.1) is 13.2 Å². The Balaban J connectivity index is 1.91. The maximum atomic E-state index is 12.3. The number of carbonyl (C=O) groups is 1. The van der Waals surface area contributed by atoms with Gasteiger partial charge < -0.3 is 14.2 Å². The molecule has 1 unspecified atom stereocenters. The van der Waals surface area contributed by atoms with E-state index >= 15 is 0 Å². The molecule has 110 valence electrons. The summed E-state index contributed by atoms with van der Waals surface area (Å²) in [5.41, 5.74) is -0.646. The number of hydrogen-bond acceptors (Lipinski definition) is 4. The van der Waals surface area contributed by atoms with E-state index in [2.05, 4.69) is 6.92 Å². The summed E-state index contributed by atoms with van der Waals surface area (Å²) in [5, 5.41) is 0. The summed E-state index contributed by atoms with van der Waals surface area (Å²) in [4.78, 5) is 12.3. The third-order valence-corrected chi connectivity index (χ3v) is 4.25. The summed E-state index contributed by atoms with van der Waals surface area (Å²) in [6.07, 6.45) is 6.56. The first-order valence-electron chi connectivity index (χ1n) is 7.55. The molecule has 1 atom stereocenters. The van der Waals surface area contributed by atoms with Gasteiger partial charge in [0.2, 0.25) is 0 Å². The lowest BCUT2D eigenvalue weighted by Gasteiger charge is -2.29. The number of ketones is 1. The third kappa shape index (κ3) is 3.56. The normalized spacial score (nSPS) is 30.7. The zero-order chi connectivity index (χ0) is 13.8. The van der Waals surface area contributed by atoms with Crippen molar-refractivity contribution >= 4 is 5.78 Å². The van der Waals surface area contributed by atoms with Gasteiger partial charge in [0.25, 0.3) is 0 Å². The smallest absolute Gasteiger partial charge is 0.192 e. The van der Waals surface area contributed by atoms with Crippen molar-refractivity contribution in [1.29, 1.82) is 0 Å². The largest absolute Gasteiger partial charge is 0.362 e. The molecule has 19 heavy (non-hydrogen) atoms. The van der Waals surface area contributed by atoms with Crippen LogP contribution in [0.4, 0.5) is 0 Å². The minimum atomic E-state index is -0.656. The van der Waals surface area contributed by atoms with Gasteiger partial charge in [-0.15, -0.1) is 0 Å². The molecule has 0 aliphatic carbocycles. The molecule has 0 aromatic rings. The molecule has 0 aromatic heterocycles. The van der Waals surface area contributed by atoms with Crippen LogP contribution in [0.15, 0.2) is 0 Å². The van der Waals surface area contributed by atoms with Crippen LogP contribution in [-0.2, 0) is 19.0 Å². The summed E-state index contributed by atoms with van der Waals surface area (Å²) in [6, 6.07) is 0. The molecule has 0 amide bonds. The molecule has 2 aliphatic heterocycles. The number of hydrogen-bond donors (Lipinski definition) is 0. The second kappa shape index (κ2) is 6.33. The first kappa shape index (κ1) is 14.9. The van der Waals surface area contributed by atoms with Gasteiger partial charge in [-0.2, -0.15) is 0 Å². The minimum absolute atomic E-state index is 0.194. The highest BCUT2D eigenvalue weighted by molar-refractivity contribution is 5.87. The summed E-state index contributed by atoms with van der Waals surface area (Å²) >= 11 is 0. The van der Waals surface area contributed by atoms with Crippen molar-refractivity contribution in [2.45, 2.75) is 70.2 Å². The van der Waals surface area contributed by atoms with Crippen molar-refractivity contribution in [2.24, 2.45) is 0 Å². The SMILES string of the molecule is CCCCCCC1(C)OCC2(CCC1=O)OCCO2. The lowest BCUT2D eigenvalue weighted by Crippen LogP contribution is -2.40. The van der Waals surface area contributed by atoms with E-state index in [1.807, 2.05) is 6.92 Å². The van der Waals surface area contributed by atoms with Crippen molar-refractivity contribution < 1.29 is 19.0 Å². The highest BCUT2D eigenvalue weighted by atomic mass is 16.8. The Hall–Kier alpha value is -0.450. The Labute approximate surface area is 115 Å². The fraction of sp³-hybridized carbons (Fsp3) is 0.933. The van der Waals surface area contributed by atoms with Crippen LogP contribution in [0.5, 0.6) is 0 Å². The molecule has 2 rings (SSSR count). The predicted octanol–water partition coefficient (Wildman–Crippen LogP) is 2.84. The van der Waals surface area contributed by atoms with Crippen LogP contribution in [-0.4, -0.2) is 37.0 Å². The molecule has 0 saturated carbocycles. The lowest BCUT2D eigenvalue weighted by molar-refractivity contribution is -0.207. The average molecular weight is 270 g/mol. The van der Waals surface area contributed by atoms with Crippen molar-refractivity contribution in [3.8, 4) is 0 Å². The van der Waals surface area contributed by atoms with Crippen LogP contribution in [0.3, 0.4) is 0 Å². The molecule has 2 aliphatic rings. The molecule has 2 heterocycles. The average Bonchev–Trinajstić information content (AvgIpc) is 2.84. The lowest BCUT2D eigenvalue weighted by atomic mass is 9.91. The van der Waals surface area contributed by atoms with Gasteiger partial charge in [-0.05, 0) is 13.3 Å². The van der Waals surface area contributed by atoms with Crippen LogP contribution in [0, 0.1) is 0 Å². The van der Waals surface area contributed by atoms with E-state index < -0.39 is 11.4 Å². The molecule has 1 spiro atoms. The van der Waals surface area contributed by atoms with E-state index in [-0.39, 0.29) is 5.78 Å². The van der Waals surface area contributed by atoms with Crippen molar-refractivity contribution in [1.82, 2.24) is 0 Å². The van der Waals surface area contributed by atoms with E-state index in [0.717, 1.165) is 12.8 Å². The number of Topliss-reactive ketones (excluding diaryl/α,β-unsaturated/α-hetero) is 1. The van der Waals surface area contributed by atoms with Crippen molar-refractivity contribution in [3.63, 3.8) is 0 Å². The molecule has 2 fully saturated rings. The molecule has 4 nitrogen and oxygen atoms in total. The standard InChI is InChI=1S/C15H26O4/c1-3-4-5-6-8-14(2)13(16)7-9-15(12-19-14)17-10-11-18-15/h3-12H2,1-2H3. The number of rotatable bonds is 5. The van der Waals surface area contributed by atoms with Crippen molar-refractivity contribution in [3.05, 3.63) is 0 Å². The van der Waals surface area contributed by atoms with Gasteiger partial charge in [0, 0.05) is 12.8 Å². The predicted molar refractivity (Wildman–Crippen MR) is 72.0 cm³/mol. The molecule has 0 bridgehead atoms. The van der Waals surface area contributed by atoms with E-state index in [1.54, 1.807) is 0 Å². The Morgan fingerprint density at radius 3 is 2.53 bits per heavy atom. The Morgan fingerprint density at radius 2 is 1.84 bits per heavy atom.